The summed E-state index contributed by atoms with van der Waals surface area (Å²) in [6, 6.07) is 12.6. The van der Waals surface area contributed by atoms with Crippen LogP contribution >= 0.6 is 0 Å². The summed E-state index contributed by atoms with van der Waals surface area (Å²) >= 11 is 0. The highest BCUT2D eigenvalue weighted by molar-refractivity contribution is 5.84. The van der Waals surface area contributed by atoms with Gasteiger partial charge in [-0.15, -0.1) is 0 Å². The van der Waals surface area contributed by atoms with Crippen molar-refractivity contribution in [1.82, 2.24) is 0 Å². The highest BCUT2D eigenvalue weighted by atomic mass is 19.1. The van der Waals surface area contributed by atoms with Crippen LogP contribution in [0.4, 0.5) is 8.78 Å². The van der Waals surface area contributed by atoms with Crippen molar-refractivity contribution in [1.29, 1.82) is 0 Å². The van der Waals surface area contributed by atoms with Gasteiger partial charge < -0.3 is 9.47 Å². The fourth-order valence-corrected chi connectivity index (χ4v) is 3.79. The van der Waals surface area contributed by atoms with Crippen LogP contribution in [-0.2, 0) is 22.4 Å². The number of carbonyl (C=O) groups is 2. The fraction of sp³-hybridized carbons (Fsp3) is 0.0769. The number of fused-ring (bicyclic) bond motifs is 3. The Kier molecular flexibility index (Phi) is 5.69. The van der Waals surface area contributed by atoms with Crippen molar-refractivity contribution in [3.8, 4) is 33.8 Å². The molecule has 160 valence electrons. The Morgan fingerprint density at radius 3 is 1.88 bits per heavy atom. The van der Waals surface area contributed by atoms with Gasteiger partial charge >= 0.3 is 11.9 Å². The number of carbonyl (C=O) groups excluding carboxylic acids is 2. The van der Waals surface area contributed by atoms with Gasteiger partial charge in [0.25, 0.3) is 0 Å². The lowest BCUT2D eigenvalue weighted by Gasteiger charge is -2.21. The number of halogens is 2. The molecule has 0 amide bonds. The second-order valence-corrected chi connectivity index (χ2v) is 7.20. The lowest BCUT2D eigenvalue weighted by atomic mass is 9.84. The third kappa shape index (κ3) is 4.07. The maximum atomic E-state index is 14.7. The van der Waals surface area contributed by atoms with Crippen molar-refractivity contribution < 1.29 is 27.8 Å². The predicted octanol–water partition coefficient (Wildman–Crippen LogP) is 5.58. The van der Waals surface area contributed by atoms with Crippen LogP contribution in [0.2, 0.25) is 0 Å². The maximum Gasteiger partial charge on any atom is 0.335 e. The molecule has 3 aromatic carbocycles. The molecule has 0 saturated heterocycles. The summed E-state index contributed by atoms with van der Waals surface area (Å²) in [5, 5.41) is 0. The summed E-state index contributed by atoms with van der Waals surface area (Å²) in [4.78, 5) is 22.7. The summed E-state index contributed by atoms with van der Waals surface area (Å²) < 4.78 is 39.4. The second-order valence-electron chi connectivity index (χ2n) is 7.20. The van der Waals surface area contributed by atoms with E-state index in [9.17, 15) is 18.4 Å². The smallest absolute Gasteiger partial charge is 0.335 e. The predicted molar refractivity (Wildman–Crippen MR) is 116 cm³/mol. The lowest BCUT2D eigenvalue weighted by Crippen LogP contribution is -2.07. The first-order chi connectivity index (χ1) is 15.4. The summed E-state index contributed by atoms with van der Waals surface area (Å²) in [5.74, 6) is -2.78. The molecule has 0 unspecified atom stereocenters. The Balaban J connectivity index is 1.68. The van der Waals surface area contributed by atoms with Gasteiger partial charge in [0, 0.05) is 24.3 Å². The third-order valence-electron chi connectivity index (χ3n) is 5.21. The summed E-state index contributed by atoms with van der Waals surface area (Å²) in [5.41, 5.74) is 4.10. The highest BCUT2D eigenvalue weighted by Gasteiger charge is 2.20. The molecule has 0 aromatic heterocycles. The Bertz CT molecular complexity index is 1250. The quantitative estimate of drug-likeness (QED) is 0.300. The number of rotatable bonds is 5. The number of aryl methyl sites for hydroxylation is 2. The molecule has 0 heterocycles. The van der Waals surface area contributed by atoms with Crippen LogP contribution in [-0.4, -0.2) is 11.9 Å². The summed E-state index contributed by atoms with van der Waals surface area (Å²) in [6.07, 6.45) is 3.36. The molecule has 0 radical (unpaired) electrons. The van der Waals surface area contributed by atoms with Crippen molar-refractivity contribution >= 4 is 11.9 Å². The molecule has 0 N–H and O–H groups in total. The maximum absolute atomic E-state index is 14.7. The first-order valence-corrected chi connectivity index (χ1v) is 9.83. The molecule has 4 nitrogen and oxygen atoms in total. The van der Waals surface area contributed by atoms with Gasteiger partial charge in [0.2, 0.25) is 0 Å². The Morgan fingerprint density at radius 2 is 1.28 bits per heavy atom. The van der Waals surface area contributed by atoms with Crippen molar-refractivity contribution in [2.75, 3.05) is 0 Å². The van der Waals surface area contributed by atoms with Gasteiger partial charge in [-0.3, -0.25) is 0 Å². The average molecular weight is 432 g/mol. The van der Waals surface area contributed by atoms with Crippen LogP contribution in [0.3, 0.4) is 0 Å². The number of ether oxygens (including phenoxy) is 2. The molecule has 0 bridgehead atoms. The van der Waals surface area contributed by atoms with Crippen molar-refractivity contribution in [2.24, 2.45) is 0 Å². The number of esters is 2. The van der Waals surface area contributed by atoms with Crippen molar-refractivity contribution in [2.45, 2.75) is 12.8 Å². The van der Waals surface area contributed by atoms with Gasteiger partial charge in [0.1, 0.15) is 23.1 Å². The normalized spacial score (nSPS) is 11.7. The van der Waals surface area contributed by atoms with E-state index in [1.54, 1.807) is 18.2 Å². The van der Waals surface area contributed by atoms with Crippen LogP contribution in [0.1, 0.15) is 11.1 Å². The lowest BCUT2D eigenvalue weighted by molar-refractivity contribution is -0.129. The minimum atomic E-state index is -0.832. The van der Waals surface area contributed by atoms with E-state index in [2.05, 4.69) is 13.2 Å². The molecule has 0 saturated carbocycles. The molecule has 1 aliphatic rings. The second kappa shape index (κ2) is 8.59. The molecule has 32 heavy (non-hydrogen) atoms. The van der Waals surface area contributed by atoms with E-state index in [4.69, 9.17) is 9.47 Å². The van der Waals surface area contributed by atoms with Crippen LogP contribution in [0, 0.1) is 11.6 Å². The van der Waals surface area contributed by atoms with E-state index < -0.39 is 23.6 Å². The number of hydrogen-bond acceptors (Lipinski definition) is 4. The molecule has 1 aliphatic carbocycles. The molecule has 0 aliphatic heterocycles. The monoisotopic (exact) mass is 432 g/mol. The minimum absolute atomic E-state index is 0.191. The molecule has 0 atom stereocenters. The molecule has 4 rings (SSSR count). The van der Waals surface area contributed by atoms with Crippen molar-refractivity contribution in [3.05, 3.63) is 96.6 Å². The van der Waals surface area contributed by atoms with Gasteiger partial charge in [-0.25, -0.2) is 18.4 Å². The number of benzene rings is 3. The first-order valence-electron chi connectivity index (χ1n) is 9.83. The van der Waals surface area contributed by atoms with E-state index in [0.717, 1.165) is 46.5 Å². The van der Waals surface area contributed by atoms with Crippen LogP contribution < -0.4 is 9.47 Å². The third-order valence-corrected chi connectivity index (χ3v) is 5.21. The fourth-order valence-electron chi connectivity index (χ4n) is 3.79. The Morgan fingerprint density at radius 1 is 0.750 bits per heavy atom. The molecule has 0 fully saturated rings. The molecule has 3 aromatic rings. The zero-order valence-corrected chi connectivity index (χ0v) is 17.0. The van der Waals surface area contributed by atoms with Crippen LogP contribution in [0.15, 0.2) is 73.8 Å². The van der Waals surface area contributed by atoms with E-state index >= 15 is 0 Å². The highest BCUT2D eigenvalue weighted by Crippen LogP contribution is 2.39. The standard InChI is InChI=1S/C26H18F2O4/c1-3-24(29)31-18-8-10-21-16(12-18)6-5-15-11-17(7-9-20(15)21)26-22(27)13-19(14-23(26)28)32-25(30)4-2/h3-4,7-14H,1-2,5-6H2. The Labute approximate surface area is 183 Å². The SMILES string of the molecule is C=CC(=O)Oc1cc(F)c(-c2ccc3c(c2)CCc2cc(OC(=O)C=C)ccc2-3)c(F)c1. The van der Waals surface area contributed by atoms with E-state index in [1.807, 2.05) is 18.2 Å². The topological polar surface area (TPSA) is 52.6 Å². The van der Waals surface area contributed by atoms with Crippen LogP contribution in [0.5, 0.6) is 11.5 Å². The molecule has 6 heteroatoms. The molecule has 0 spiro atoms. The summed E-state index contributed by atoms with van der Waals surface area (Å²) in [6.45, 7) is 6.64. The summed E-state index contributed by atoms with van der Waals surface area (Å²) in [7, 11) is 0. The van der Waals surface area contributed by atoms with Crippen LogP contribution in [0.25, 0.3) is 22.3 Å². The van der Waals surface area contributed by atoms with Crippen molar-refractivity contribution in [3.63, 3.8) is 0 Å². The average Bonchev–Trinajstić information content (AvgIpc) is 2.78. The largest absolute Gasteiger partial charge is 0.423 e. The Hall–Kier alpha value is -4.06. The molecular weight excluding hydrogens is 414 g/mol. The van der Waals surface area contributed by atoms with E-state index in [-0.39, 0.29) is 11.3 Å². The van der Waals surface area contributed by atoms with Gasteiger partial charge in [-0.05, 0) is 52.8 Å². The zero-order valence-electron chi connectivity index (χ0n) is 17.0. The first kappa shape index (κ1) is 21.2. The van der Waals surface area contributed by atoms with Gasteiger partial charge in [-0.2, -0.15) is 0 Å². The van der Waals surface area contributed by atoms with Gasteiger partial charge in [0.15, 0.2) is 0 Å². The minimum Gasteiger partial charge on any atom is -0.423 e. The number of hydrogen-bond donors (Lipinski definition) is 0. The van der Waals surface area contributed by atoms with Gasteiger partial charge in [-0.1, -0.05) is 37.4 Å². The van der Waals surface area contributed by atoms with Gasteiger partial charge in [0.05, 0.1) is 5.56 Å². The zero-order chi connectivity index (χ0) is 22.8. The molecular formula is C26H18F2O4. The van der Waals surface area contributed by atoms with E-state index in [1.165, 1.54) is 0 Å². The van der Waals surface area contributed by atoms with E-state index in [0.29, 0.717) is 24.2 Å².